The maximum absolute atomic E-state index is 11.4. The average Bonchev–Trinajstić information content (AvgIpc) is 3.13. The van der Waals surface area contributed by atoms with Crippen LogP contribution in [0, 0.1) is 6.92 Å². The Hall–Kier alpha value is -2.80. The lowest BCUT2D eigenvalue weighted by atomic mass is 10.1. The molecule has 2 aromatic carbocycles. The van der Waals surface area contributed by atoms with Crippen molar-refractivity contribution in [3.8, 4) is 5.75 Å². The Morgan fingerprint density at radius 1 is 1.15 bits per heavy atom. The number of hydrogen-bond donors (Lipinski definition) is 1. The fraction of sp³-hybridized carbons (Fsp3) is 0.211. The van der Waals surface area contributed by atoms with E-state index in [9.17, 15) is 4.79 Å². The van der Waals surface area contributed by atoms with Crippen molar-refractivity contribution in [2.45, 2.75) is 24.4 Å². The first kappa shape index (κ1) is 18.0. The van der Waals surface area contributed by atoms with E-state index >= 15 is 0 Å². The van der Waals surface area contributed by atoms with E-state index in [2.05, 4.69) is 15.2 Å². The van der Waals surface area contributed by atoms with Crippen molar-refractivity contribution in [2.24, 2.45) is 0 Å². The molecule has 1 aromatic heterocycles. The average molecular weight is 369 g/mol. The number of aromatic nitrogens is 3. The minimum Gasteiger partial charge on any atom is -0.485 e. The molecular formula is C19H19N3O3S. The van der Waals surface area contributed by atoms with Gasteiger partial charge in [0, 0.05) is 5.75 Å². The van der Waals surface area contributed by atoms with Crippen molar-refractivity contribution in [3.05, 3.63) is 71.0 Å². The molecule has 0 saturated heterocycles. The number of aryl methyl sites for hydroxylation is 1. The Labute approximate surface area is 155 Å². The lowest BCUT2D eigenvalue weighted by molar-refractivity contribution is 0.0600. The molecule has 0 spiro atoms. The molecule has 0 bridgehead atoms. The summed E-state index contributed by atoms with van der Waals surface area (Å²) in [6, 6.07) is 15.1. The van der Waals surface area contributed by atoms with E-state index in [0.717, 1.165) is 16.9 Å². The zero-order valence-corrected chi connectivity index (χ0v) is 15.4. The summed E-state index contributed by atoms with van der Waals surface area (Å²) in [4.78, 5) is 15.9. The number of hydrogen-bond acceptors (Lipinski definition) is 6. The SMILES string of the molecule is COC(=O)c1ccc(CSc2n[nH]c(COc3ccccc3C)n2)cc1. The number of benzene rings is 2. The van der Waals surface area contributed by atoms with E-state index in [1.807, 2.05) is 43.3 Å². The molecule has 3 aromatic rings. The highest BCUT2D eigenvalue weighted by atomic mass is 32.2. The lowest BCUT2D eigenvalue weighted by Crippen LogP contribution is -2.00. The molecule has 1 N–H and O–H groups in total. The highest BCUT2D eigenvalue weighted by Gasteiger charge is 2.08. The summed E-state index contributed by atoms with van der Waals surface area (Å²) < 4.78 is 10.4. The molecule has 3 rings (SSSR count). The zero-order valence-electron chi connectivity index (χ0n) is 14.6. The molecule has 0 atom stereocenters. The molecule has 0 saturated carbocycles. The lowest BCUT2D eigenvalue weighted by Gasteiger charge is -2.06. The smallest absolute Gasteiger partial charge is 0.337 e. The molecule has 6 nitrogen and oxygen atoms in total. The number of nitrogens with zero attached hydrogens (tertiary/aromatic N) is 2. The van der Waals surface area contributed by atoms with Crippen molar-refractivity contribution in [1.29, 1.82) is 0 Å². The van der Waals surface area contributed by atoms with Crippen molar-refractivity contribution >= 4 is 17.7 Å². The first-order valence-electron chi connectivity index (χ1n) is 8.05. The minimum absolute atomic E-state index is 0.337. The second kappa shape index (κ2) is 8.53. The van der Waals surface area contributed by atoms with Gasteiger partial charge in [0.15, 0.2) is 5.82 Å². The Morgan fingerprint density at radius 3 is 2.65 bits per heavy atom. The molecule has 0 aliphatic heterocycles. The normalized spacial score (nSPS) is 10.5. The standard InChI is InChI=1S/C19H19N3O3S/c1-13-5-3-4-6-16(13)25-11-17-20-19(22-21-17)26-12-14-7-9-15(10-8-14)18(23)24-2/h3-10H,11-12H2,1-2H3,(H,20,21,22). The van der Waals surface area contributed by atoms with Gasteiger partial charge in [-0.3, -0.25) is 5.10 Å². The molecule has 1 heterocycles. The third-order valence-corrected chi connectivity index (χ3v) is 4.63. The number of aromatic amines is 1. The number of rotatable bonds is 7. The molecule has 26 heavy (non-hydrogen) atoms. The van der Waals surface area contributed by atoms with Gasteiger partial charge in [0.2, 0.25) is 5.16 Å². The first-order valence-corrected chi connectivity index (χ1v) is 9.04. The number of ether oxygens (including phenoxy) is 2. The van der Waals surface area contributed by atoms with Crippen LogP contribution in [0.25, 0.3) is 0 Å². The van der Waals surface area contributed by atoms with Crippen LogP contribution in [0.3, 0.4) is 0 Å². The Bertz CT molecular complexity index is 878. The molecule has 134 valence electrons. The van der Waals surface area contributed by atoms with Gasteiger partial charge in [-0.25, -0.2) is 9.78 Å². The van der Waals surface area contributed by atoms with Gasteiger partial charge >= 0.3 is 5.97 Å². The van der Waals surface area contributed by atoms with Crippen LogP contribution in [0.15, 0.2) is 53.7 Å². The van der Waals surface area contributed by atoms with E-state index in [-0.39, 0.29) is 5.97 Å². The zero-order chi connectivity index (χ0) is 18.4. The van der Waals surface area contributed by atoms with Gasteiger partial charge in [-0.1, -0.05) is 42.1 Å². The number of carbonyl (C=O) groups excluding carboxylic acids is 1. The van der Waals surface area contributed by atoms with Crippen LogP contribution in [0.5, 0.6) is 5.75 Å². The largest absolute Gasteiger partial charge is 0.485 e. The summed E-state index contributed by atoms with van der Waals surface area (Å²) in [5.41, 5.74) is 2.69. The fourth-order valence-electron chi connectivity index (χ4n) is 2.27. The molecular weight excluding hydrogens is 350 g/mol. The van der Waals surface area contributed by atoms with Crippen LogP contribution >= 0.6 is 11.8 Å². The van der Waals surface area contributed by atoms with E-state index < -0.39 is 0 Å². The minimum atomic E-state index is -0.337. The van der Waals surface area contributed by atoms with E-state index in [1.54, 1.807) is 12.1 Å². The van der Waals surface area contributed by atoms with Crippen LogP contribution in [0.2, 0.25) is 0 Å². The van der Waals surface area contributed by atoms with E-state index in [4.69, 9.17) is 9.47 Å². The first-order chi connectivity index (χ1) is 12.7. The van der Waals surface area contributed by atoms with Gasteiger partial charge in [0.25, 0.3) is 0 Å². The molecule has 7 heteroatoms. The van der Waals surface area contributed by atoms with Gasteiger partial charge < -0.3 is 9.47 Å². The number of thioether (sulfide) groups is 1. The van der Waals surface area contributed by atoms with Crippen molar-refractivity contribution in [3.63, 3.8) is 0 Å². The molecule has 0 fully saturated rings. The summed E-state index contributed by atoms with van der Waals surface area (Å²) in [5, 5.41) is 7.75. The van der Waals surface area contributed by atoms with Gasteiger partial charge in [0.05, 0.1) is 12.7 Å². The van der Waals surface area contributed by atoms with E-state index in [0.29, 0.717) is 28.9 Å². The fourth-order valence-corrected chi connectivity index (χ4v) is 3.05. The van der Waals surface area contributed by atoms with Gasteiger partial charge in [-0.15, -0.1) is 5.10 Å². The van der Waals surface area contributed by atoms with Gasteiger partial charge in [-0.05, 0) is 36.2 Å². The van der Waals surface area contributed by atoms with Crippen LogP contribution < -0.4 is 4.74 Å². The van der Waals surface area contributed by atoms with Gasteiger partial charge in [0.1, 0.15) is 12.4 Å². The highest BCUT2D eigenvalue weighted by molar-refractivity contribution is 7.98. The third-order valence-electron chi connectivity index (χ3n) is 3.71. The van der Waals surface area contributed by atoms with Crippen LogP contribution in [-0.2, 0) is 17.1 Å². The maximum Gasteiger partial charge on any atom is 0.337 e. The molecule has 0 aliphatic carbocycles. The number of H-pyrrole nitrogens is 1. The van der Waals surface area contributed by atoms with Crippen molar-refractivity contribution < 1.29 is 14.3 Å². The van der Waals surface area contributed by atoms with Crippen LogP contribution in [0.1, 0.15) is 27.3 Å². The van der Waals surface area contributed by atoms with Crippen LogP contribution in [0.4, 0.5) is 0 Å². The third kappa shape index (κ3) is 4.64. The number of nitrogens with one attached hydrogen (secondary N) is 1. The predicted octanol–water partition coefficient (Wildman–Crippen LogP) is 3.77. The Kier molecular flexibility index (Phi) is 5.91. The van der Waals surface area contributed by atoms with E-state index in [1.165, 1.54) is 18.9 Å². The molecule has 0 amide bonds. The number of carbonyl (C=O) groups is 1. The summed E-state index contributed by atoms with van der Waals surface area (Å²) in [6.45, 7) is 2.34. The quantitative estimate of drug-likeness (QED) is 0.505. The van der Waals surface area contributed by atoms with Crippen molar-refractivity contribution in [2.75, 3.05) is 7.11 Å². The topological polar surface area (TPSA) is 77.1 Å². The molecule has 0 unspecified atom stereocenters. The maximum atomic E-state index is 11.4. The van der Waals surface area contributed by atoms with Crippen LogP contribution in [-0.4, -0.2) is 28.3 Å². The number of methoxy groups -OCH3 is 1. The molecule has 0 radical (unpaired) electrons. The summed E-state index contributed by atoms with van der Waals surface area (Å²) in [7, 11) is 1.37. The predicted molar refractivity (Wildman–Crippen MR) is 99.2 cm³/mol. The summed E-state index contributed by atoms with van der Waals surface area (Å²) in [5.74, 6) is 1.88. The molecule has 0 aliphatic rings. The number of esters is 1. The second-order valence-electron chi connectivity index (χ2n) is 5.60. The highest BCUT2D eigenvalue weighted by Crippen LogP contribution is 2.21. The Morgan fingerprint density at radius 2 is 1.92 bits per heavy atom. The summed E-state index contributed by atoms with van der Waals surface area (Å²) in [6.07, 6.45) is 0. The Balaban J connectivity index is 1.52. The second-order valence-corrected chi connectivity index (χ2v) is 6.54. The summed E-state index contributed by atoms with van der Waals surface area (Å²) >= 11 is 1.51. The monoisotopic (exact) mass is 369 g/mol. The van der Waals surface area contributed by atoms with Crippen molar-refractivity contribution in [1.82, 2.24) is 15.2 Å². The number of para-hydroxylation sites is 1. The van der Waals surface area contributed by atoms with Gasteiger partial charge in [-0.2, -0.15) is 0 Å².